The quantitative estimate of drug-likeness (QED) is 0.874. The summed E-state index contributed by atoms with van der Waals surface area (Å²) >= 11 is 0. The fraction of sp³-hybridized carbons (Fsp3) is 0.368. The van der Waals surface area contributed by atoms with Crippen LogP contribution in [-0.4, -0.2) is 37.0 Å². The van der Waals surface area contributed by atoms with Gasteiger partial charge in [-0.25, -0.2) is 4.98 Å². The molecule has 1 N–H and O–H groups in total. The Morgan fingerprint density at radius 2 is 1.57 bits per heavy atom. The maximum Gasteiger partial charge on any atom is 0.253 e. The predicted octanol–water partition coefficient (Wildman–Crippen LogP) is 2.59. The molecular weight excluding hydrogens is 286 g/mol. The van der Waals surface area contributed by atoms with Crippen molar-refractivity contribution in [1.29, 1.82) is 0 Å². The number of aromatic amines is 1. The molecule has 1 aromatic heterocycles. The van der Waals surface area contributed by atoms with Crippen molar-refractivity contribution >= 4 is 11.6 Å². The number of piperazine rings is 1. The van der Waals surface area contributed by atoms with Gasteiger partial charge in [0.1, 0.15) is 0 Å². The SMILES string of the molecule is CC(C)c1ccc(C(=O)N2CCN(c3cc[nH+]cc3)CC2)cc1. The molecule has 1 aromatic carbocycles. The molecule has 1 aliphatic rings. The monoisotopic (exact) mass is 310 g/mol. The minimum atomic E-state index is 0.140. The van der Waals surface area contributed by atoms with Gasteiger partial charge in [0, 0.05) is 49.6 Å². The summed E-state index contributed by atoms with van der Waals surface area (Å²) in [6.07, 6.45) is 3.87. The topological polar surface area (TPSA) is 37.7 Å². The molecule has 2 heterocycles. The van der Waals surface area contributed by atoms with E-state index in [4.69, 9.17) is 0 Å². The van der Waals surface area contributed by atoms with E-state index < -0.39 is 0 Å². The zero-order chi connectivity index (χ0) is 16.2. The normalized spacial score (nSPS) is 15.1. The lowest BCUT2D eigenvalue weighted by Crippen LogP contribution is -2.48. The summed E-state index contributed by atoms with van der Waals surface area (Å²) in [5.74, 6) is 0.632. The van der Waals surface area contributed by atoms with Crippen molar-refractivity contribution in [3.05, 3.63) is 59.9 Å². The predicted molar refractivity (Wildman–Crippen MR) is 91.6 cm³/mol. The molecule has 23 heavy (non-hydrogen) atoms. The molecule has 1 saturated heterocycles. The molecule has 4 heteroatoms. The van der Waals surface area contributed by atoms with Crippen molar-refractivity contribution in [3.8, 4) is 0 Å². The number of rotatable bonds is 3. The van der Waals surface area contributed by atoms with Crippen LogP contribution in [0.3, 0.4) is 0 Å². The van der Waals surface area contributed by atoms with Crippen LogP contribution in [0.15, 0.2) is 48.8 Å². The zero-order valence-electron chi connectivity index (χ0n) is 13.8. The summed E-state index contributed by atoms with van der Waals surface area (Å²) < 4.78 is 0. The standard InChI is InChI=1S/C19H23N3O/c1-15(2)16-3-5-17(6-4-16)19(23)22-13-11-21(12-14-22)18-7-9-20-10-8-18/h3-10,15H,11-14H2,1-2H3/p+1. The van der Waals surface area contributed by atoms with E-state index >= 15 is 0 Å². The Morgan fingerprint density at radius 1 is 0.957 bits per heavy atom. The van der Waals surface area contributed by atoms with Crippen LogP contribution < -0.4 is 9.88 Å². The molecule has 0 spiro atoms. The second kappa shape index (κ2) is 6.82. The first-order valence-corrected chi connectivity index (χ1v) is 8.25. The second-order valence-corrected chi connectivity index (χ2v) is 6.31. The smallest absolute Gasteiger partial charge is 0.253 e. The fourth-order valence-electron chi connectivity index (χ4n) is 2.95. The van der Waals surface area contributed by atoms with Gasteiger partial charge >= 0.3 is 0 Å². The van der Waals surface area contributed by atoms with Crippen LogP contribution in [0.4, 0.5) is 5.69 Å². The lowest BCUT2D eigenvalue weighted by atomic mass is 10.0. The number of pyridine rings is 1. The Labute approximate surface area is 137 Å². The highest BCUT2D eigenvalue weighted by atomic mass is 16.2. The average Bonchev–Trinajstić information content (AvgIpc) is 2.62. The third kappa shape index (κ3) is 3.52. The Balaban J connectivity index is 1.62. The van der Waals surface area contributed by atoms with Crippen LogP contribution in [0.1, 0.15) is 35.7 Å². The van der Waals surface area contributed by atoms with Crippen molar-refractivity contribution in [1.82, 2.24) is 4.90 Å². The lowest BCUT2D eigenvalue weighted by Gasteiger charge is -2.35. The Morgan fingerprint density at radius 3 is 2.13 bits per heavy atom. The van der Waals surface area contributed by atoms with Gasteiger partial charge in [-0.15, -0.1) is 0 Å². The van der Waals surface area contributed by atoms with Crippen LogP contribution in [0.2, 0.25) is 0 Å². The summed E-state index contributed by atoms with van der Waals surface area (Å²) in [5.41, 5.74) is 3.27. The first-order chi connectivity index (χ1) is 11.1. The van der Waals surface area contributed by atoms with Crippen LogP contribution in [0.5, 0.6) is 0 Å². The second-order valence-electron chi connectivity index (χ2n) is 6.31. The van der Waals surface area contributed by atoms with Gasteiger partial charge in [0.15, 0.2) is 12.4 Å². The number of amides is 1. The molecule has 0 atom stereocenters. The number of hydrogen-bond acceptors (Lipinski definition) is 2. The van der Waals surface area contributed by atoms with E-state index in [2.05, 4.69) is 48.0 Å². The van der Waals surface area contributed by atoms with E-state index in [9.17, 15) is 4.79 Å². The van der Waals surface area contributed by atoms with Crippen molar-refractivity contribution < 1.29 is 9.78 Å². The summed E-state index contributed by atoms with van der Waals surface area (Å²) in [6.45, 7) is 7.61. The van der Waals surface area contributed by atoms with Gasteiger partial charge < -0.3 is 9.80 Å². The molecule has 120 valence electrons. The maximum absolute atomic E-state index is 12.6. The van der Waals surface area contributed by atoms with Gasteiger partial charge in [-0.05, 0) is 23.6 Å². The van der Waals surface area contributed by atoms with E-state index in [-0.39, 0.29) is 5.91 Å². The Kier molecular flexibility index (Phi) is 4.60. The highest BCUT2D eigenvalue weighted by molar-refractivity contribution is 5.94. The number of H-pyrrole nitrogens is 1. The molecule has 1 fully saturated rings. The molecule has 0 aliphatic carbocycles. The van der Waals surface area contributed by atoms with E-state index in [0.717, 1.165) is 31.7 Å². The van der Waals surface area contributed by atoms with Gasteiger partial charge in [0.25, 0.3) is 5.91 Å². The van der Waals surface area contributed by atoms with Crippen LogP contribution in [0.25, 0.3) is 0 Å². The Hall–Kier alpha value is -2.36. The molecule has 1 amide bonds. The minimum Gasteiger partial charge on any atom is -0.368 e. The minimum absolute atomic E-state index is 0.140. The summed E-state index contributed by atoms with van der Waals surface area (Å²) in [6, 6.07) is 12.2. The number of carbonyl (C=O) groups is 1. The van der Waals surface area contributed by atoms with Crippen molar-refractivity contribution in [2.24, 2.45) is 0 Å². The van der Waals surface area contributed by atoms with E-state index in [1.807, 2.05) is 29.4 Å². The van der Waals surface area contributed by atoms with Gasteiger partial charge in [0.2, 0.25) is 0 Å². The molecule has 0 radical (unpaired) electrons. The largest absolute Gasteiger partial charge is 0.368 e. The van der Waals surface area contributed by atoms with E-state index in [0.29, 0.717) is 5.92 Å². The number of benzene rings is 1. The van der Waals surface area contributed by atoms with Crippen LogP contribution >= 0.6 is 0 Å². The average molecular weight is 310 g/mol. The number of anilines is 1. The first-order valence-electron chi connectivity index (χ1n) is 8.25. The van der Waals surface area contributed by atoms with Gasteiger partial charge in [-0.2, -0.15) is 0 Å². The highest BCUT2D eigenvalue weighted by Crippen LogP contribution is 2.18. The highest BCUT2D eigenvalue weighted by Gasteiger charge is 2.22. The number of hydrogen-bond donors (Lipinski definition) is 0. The summed E-state index contributed by atoms with van der Waals surface area (Å²) in [5, 5.41) is 0. The zero-order valence-corrected chi connectivity index (χ0v) is 13.8. The lowest BCUT2D eigenvalue weighted by molar-refractivity contribution is -0.377. The van der Waals surface area contributed by atoms with Gasteiger partial charge in [-0.3, -0.25) is 4.79 Å². The van der Waals surface area contributed by atoms with Crippen LogP contribution in [-0.2, 0) is 0 Å². The van der Waals surface area contributed by atoms with E-state index in [1.165, 1.54) is 11.3 Å². The summed E-state index contributed by atoms with van der Waals surface area (Å²) in [4.78, 5) is 19.9. The van der Waals surface area contributed by atoms with Crippen LogP contribution in [0, 0.1) is 0 Å². The van der Waals surface area contributed by atoms with Gasteiger partial charge in [-0.1, -0.05) is 26.0 Å². The third-order valence-corrected chi connectivity index (χ3v) is 4.46. The number of nitrogens with one attached hydrogen (secondary N) is 1. The maximum atomic E-state index is 12.6. The molecule has 2 aromatic rings. The number of carbonyl (C=O) groups excluding carboxylic acids is 1. The number of nitrogens with zero attached hydrogens (tertiary/aromatic N) is 2. The molecule has 3 rings (SSSR count). The number of aromatic nitrogens is 1. The van der Waals surface area contributed by atoms with Gasteiger partial charge in [0.05, 0.1) is 0 Å². The van der Waals surface area contributed by atoms with Crippen molar-refractivity contribution in [2.75, 3.05) is 31.1 Å². The van der Waals surface area contributed by atoms with E-state index in [1.54, 1.807) is 0 Å². The Bertz CT molecular complexity index is 644. The van der Waals surface area contributed by atoms with Crippen molar-refractivity contribution in [3.63, 3.8) is 0 Å². The molecular formula is C19H24N3O+. The molecule has 0 bridgehead atoms. The molecule has 4 nitrogen and oxygen atoms in total. The van der Waals surface area contributed by atoms with Crippen molar-refractivity contribution in [2.45, 2.75) is 19.8 Å². The summed E-state index contributed by atoms with van der Waals surface area (Å²) in [7, 11) is 0. The molecule has 0 unspecified atom stereocenters. The third-order valence-electron chi connectivity index (χ3n) is 4.46. The fourth-order valence-corrected chi connectivity index (χ4v) is 2.95. The molecule has 1 aliphatic heterocycles. The first kappa shape index (κ1) is 15.5. The molecule has 0 saturated carbocycles.